The van der Waals surface area contributed by atoms with E-state index in [0.717, 1.165) is 0 Å². The van der Waals surface area contributed by atoms with Crippen LogP contribution in [0.2, 0.25) is 0 Å². The number of nitrogens with two attached hydrogens (primary N) is 2. The van der Waals surface area contributed by atoms with Gasteiger partial charge in [-0.15, -0.1) is 12.4 Å². The Hall–Kier alpha value is -0.440. The summed E-state index contributed by atoms with van der Waals surface area (Å²) in [5, 5.41) is 6.06. The molecule has 4 heteroatoms. The minimum atomic E-state index is -0.333. The van der Waals surface area contributed by atoms with Crippen LogP contribution in [0, 0.1) is 5.41 Å². The molecule has 11 heavy (non-hydrogen) atoms. The summed E-state index contributed by atoms with van der Waals surface area (Å²) in [6.45, 7) is 0. The normalized spacial score (nSPS) is 15.3. The van der Waals surface area contributed by atoms with E-state index < -0.39 is 0 Å². The minimum Gasteiger partial charge on any atom is -0.370 e. The number of guanidine groups is 1. The van der Waals surface area contributed by atoms with Crippen molar-refractivity contribution in [3.63, 3.8) is 0 Å². The first kappa shape index (κ1) is 13.2. The molecule has 1 rings (SSSR count). The lowest BCUT2D eigenvalue weighted by molar-refractivity contribution is 0.504. The van der Waals surface area contributed by atoms with Crippen LogP contribution in [0.1, 0.15) is 38.5 Å². The molecule has 0 aromatic rings. The van der Waals surface area contributed by atoms with Crippen LogP contribution in [0.4, 0.5) is 0 Å². The first-order valence-electron chi connectivity index (χ1n) is 3.83. The topological polar surface area (TPSA) is 75.9 Å². The van der Waals surface area contributed by atoms with Crippen LogP contribution in [0.25, 0.3) is 0 Å². The summed E-state index contributed by atoms with van der Waals surface area (Å²) in [7, 11) is 0. The van der Waals surface area contributed by atoms with Crippen LogP contribution in [-0.2, 0) is 0 Å². The maximum atomic E-state index is 6.06. The molecule has 0 unspecified atom stereocenters. The van der Waals surface area contributed by atoms with Gasteiger partial charge in [-0.3, -0.25) is 5.41 Å². The Bertz CT molecular complexity index is 76.2. The zero-order chi connectivity index (χ0) is 7.82. The van der Waals surface area contributed by atoms with E-state index in [1.165, 1.54) is 38.5 Å². The first-order valence-corrected chi connectivity index (χ1v) is 3.83. The van der Waals surface area contributed by atoms with Crippen molar-refractivity contribution in [2.45, 2.75) is 38.5 Å². The molecule has 0 atom stereocenters. The van der Waals surface area contributed by atoms with Crippen molar-refractivity contribution in [3.05, 3.63) is 0 Å². The summed E-state index contributed by atoms with van der Waals surface area (Å²) in [6.07, 6.45) is 9.00. The average molecular weight is 180 g/mol. The van der Waals surface area contributed by atoms with Crippen molar-refractivity contribution in [1.82, 2.24) is 0 Å². The van der Waals surface area contributed by atoms with Crippen molar-refractivity contribution in [2.75, 3.05) is 0 Å². The lowest BCUT2D eigenvalue weighted by atomic mass is 10.0. The number of hydrogen-bond acceptors (Lipinski definition) is 1. The molecule has 0 saturated heterocycles. The molecule has 0 aliphatic heterocycles. The van der Waals surface area contributed by atoms with E-state index in [2.05, 4.69) is 11.5 Å². The van der Waals surface area contributed by atoms with Gasteiger partial charge in [0, 0.05) is 0 Å². The molecular formula is C7H18ClN3. The molecule has 0 radical (unpaired) electrons. The number of halogens is 1. The standard InChI is InChI=1S/C6H12.CH5N3.ClH/c1-2-4-6-5-3-1;2-1(3)4;/h1-6H2;(H5,2,3,4);1H. The average Bonchev–Trinajstić information content (AvgIpc) is 1.90. The second-order valence-electron chi connectivity index (χ2n) is 2.58. The van der Waals surface area contributed by atoms with Gasteiger partial charge in [-0.25, -0.2) is 0 Å². The Labute approximate surface area is 74.4 Å². The zero-order valence-electron chi connectivity index (χ0n) is 6.81. The molecule has 1 aliphatic carbocycles. The molecule has 68 valence electrons. The van der Waals surface area contributed by atoms with Crippen LogP contribution < -0.4 is 11.5 Å². The lowest BCUT2D eigenvalue weighted by Crippen LogP contribution is -2.20. The maximum absolute atomic E-state index is 6.06. The Morgan fingerprint density at radius 3 is 1.00 bits per heavy atom. The number of rotatable bonds is 0. The third kappa shape index (κ3) is 17.7. The molecule has 0 spiro atoms. The SMILES string of the molecule is C1CCCCC1.Cl.N=C(N)N. The highest BCUT2D eigenvalue weighted by atomic mass is 35.5. The summed E-state index contributed by atoms with van der Waals surface area (Å²) >= 11 is 0. The van der Waals surface area contributed by atoms with Gasteiger partial charge in [-0.05, 0) is 0 Å². The summed E-state index contributed by atoms with van der Waals surface area (Å²) in [6, 6.07) is 0. The molecular weight excluding hydrogens is 162 g/mol. The van der Waals surface area contributed by atoms with E-state index in [1.54, 1.807) is 0 Å². The summed E-state index contributed by atoms with van der Waals surface area (Å²) < 4.78 is 0. The van der Waals surface area contributed by atoms with Gasteiger partial charge in [-0.2, -0.15) is 0 Å². The van der Waals surface area contributed by atoms with Crippen LogP contribution in [0.15, 0.2) is 0 Å². The Kier molecular flexibility index (Phi) is 11.4. The number of nitrogens with one attached hydrogen (secondary N) is 1. The van der Waals surface area contributed by atoms with Gasteiger partial charge in [0.15, 0.2) is 5.96 Å². The van der Waals surface area contributed by atoms with Crippen molar-refractivity contribution in [1.29, 1.82) is 5.41 Å². The Morgan fingerprint density at radius 1 is 0.818 bits per heavy atom. The van der Waals surface area contributed by atoms with Crippen molar-refractivity contribution in [2.24, 2.45) is 11.5 Å². The van der Waals surface area contributed by atoms with Crippen molar-refractivity contribution >= 4 is 18.4 Å². The second-order valence-corrected chi connectivity index (χ2v) is 2.58. The van der Waals surface area contributed by atoms with Gasteiger partial charge in [0.1, 0.15) is 0 Å². The second kappa shape index (κ2) is 9.56. The molecule has 1 saturated carbocycles. The fraction of sp³-hybridized carbons (Fsp3) is 0.857. The largest absolute Gasteiger partial charge is 0.370 e. The highest BCUT2D eigenvalue weighted by Gasteiger charge is 1.95. The maximum Gasteiger partial charge on any atom is 0.183 e. The quantitative estimate of drug-likeness (QED) is 0.390. The number of hydrogen-bond donors (Lipinski definition) is 3. The summed E-state index contributed by atoms with van der Waals surface area (Å²) in [5.74, 6) is -0.333. The van der Waals surface area contributed by atoms with E-state index in [4.69, 9.17) is 5.41 Å². The van der Waals surface area contributed by atoms with Gasteiger partial charge in [0.25, 0.3) is 0 Å². The Balaban J connectivity index is 0. The molecule has 5 N–H and O–H groups in total. The molecule has 0 heterocycles. The first-order chi connectivity index (χ1) is 4.73. The fourth-order valence-corrected chi connectivity index (χ4v) is 1.06. The predicted octanol–water partition coefficient (Wildman–Crippen LogP) is 1.60. The molecule has 1 aliphatic rings. The Morgan fingerprint density at radius 2 is 0.909 bits per heavy atom. The van der Waals surface area contributed by atoms with Crippen LogP contribution in [0.3, 0.4) is 0 Å². The monoisotopic (exact) mass is 179 g/mol. The highest BCUT2D eigenvalue weighted by Crippen LogP contribution is 2.15. The molecule has 3 nitrogen and oxygen atoms in total. The van der Waals surface area contributed by atoms with Crippen molar-refractivity contribution in [3.8, 4) is 0 Å². The molecule has 0 aromatic carbocycles. The molecule has 1 fully saturated rings. The van der Waals surface area contributed by atoms with Gasteiger partial charge in [-0.1, -0.05) is 38.5 Å². The van der Waals surface area contributed by atoms with Gasteiger partial charge in [0.2, 0.25) is 0 Å². The third-order valence-corrected chi connectivity index (χ3v) is 1.50. The van der Waals surface area contributed by atoms with Gasteiger partial charge in [0.05, 0.1) is 0 Å². The van der Waals surface area contributed by atoms with Crippen LogP contribution in [0.5, 0.6) is 0 Å². The fourth-order valence-electron chi connectivity index (χ4n) is 1.06. The van der Waals surface area contributed by atoms with E-state index in [-0.39, 0.29) is 18.4 Å². The van der Waals surface area contributed by atoms with Gasteiger partial charge >= 0.3 is 0 Å². The lowest BCUT2D eigenvalue weighted by Gasteiger charge is -2.05. The summed E-state index contributed by atoms with van der Waals surface area (Å²) in [5.41, 5.74) is 8.94. The van der Waals surface area contributed by atoms with E-state index in [0.29, 0.717) is 0 Å². The van der Waals surface area contributed by atoms with Gasteiger partial charge < -0.3 is 11.5 Å². The highest BCUT2D eigenvalue weighted by molar-refractivity contribution is 5.85. The third-order valence-electron chi connectivity index (χ3n) is 1.50. The molecule has 0 aromatic heterocycles. The van der Waals surface area contributed by atoms with E-state index >= 15 is 0 Å². The van der Waals surface area contributed by atoms with E-state index in [1.807, 2.05) is 0 Å². The smallest absolute Gasteiger partial charge is 0.183 e. The van der Waals surface area contributed by atoms with E-state index in [9.17, 15) is 0 Å². The molecule has 0 bridgehead atoms. The van der Waals surface area contributed by atoms with Crippen LogP contribution in [-0.4, -0.2) is 5.96 Å². The summed E-state index contributed by atoms with van der Waals surface area (Å²) in [4.78, 5) is 0. The van der Waals surface area contributed by atoms with Crippen LogP contribution >= 0.6 is 12.4 Å². The zero-order valence-corrected chi connectivity index (χ0v) is 7.62. The molecule has 0 amide bonds. The predicted molar refractivity (Wildman–Crippen MR) is 51.1 cm³/mol. The van der Waals surface area contributed by atoms with Crippen molar-refractivity contribution < 1.29 is 0 Å². The minimum absolute atomic E-state index is 0.